The van der Waals surface area contributed by atoms with Gasteiger partial charge in [0.25, 0.3) is 0 Å². The number of allylic oxidation sites excluding steroid dienone is 7. The number of aromatic carboxylic acids is 2. The molecule has 0 fully saturated rings. The van der Waals surface area contributed by atoms with Gasteiger partial charge in [-0.15, -0.1) is 0 Å². The number of rotatable bonds is 14. The molecule has 7 rings (SSSR count). The van der Waals surface area contributed by atoms with E-state index in [0.717, 1.165) is 62.1 Å². The predicted molar refractivity (Wildman–Crippen MR) is 240 cm³/mol. The zero-order valence-electron chi connectivity index (χ0n) is 36.0. The molecule has 0 atom stereocenters. The maximum atomic E-state index is 12.5. The number of methoxy groups -OCH3 is 2. The second-order valence-corrected chi connectivity index (χ2v) is 16.6. The van der Waals surface area contributed by atoms with Gasteiger partial charge in [0.1, 0.15) is 6.42 Å². The van der Waals surface area contributed by atoms with Crippen LogP contribution in [-0.2, 0) is 29.9 Å². The number of carboxylic acids is 2. The molecule has 318 valence electrons. The van der Waals surface area contributed by atoms with Gasteiger partial charge in [-0.3, -0.25) is 9.59 Å². The van der Waals surface area contributed by atoms with E-state index in [1.165, 1.54) is 14.2 Å². The quantitative estimate of drug-likeness (QED) is 0.0934. The van der Waals surface area contributed by atoms with Crippen molar-refractivity contribution in [3.05, 3.63) is 166 Å². The van der Waals surface area contributed by atoms with E-state index in [4.69, 9.17) is 9.47 Å². The Morgan fingerprint density at radius 2 is 1.29 bits per heavy atom. The first-order valence-corrected chi connectivity index (χ1v) is 20.7. The highest BCUT2D eigenvalue weighted by Gasteiger charge is 2.45. The third-order valence-corrected chi connectivity index (χ3v) is 12.2. The fourth-order valence-corrected chi connectivity index (χ4v) is 8.95. The van der Waals surface area contributed by atoms with E-state index >= 15 is 0 Å². The Hall–Kier alpha value is -7.01. The Bertz CT molecular complexity index is 2560. The lowest BCUT2D eigenvalue weighted by atomic mass is 9.80. The molecule has 1 aliphatic carbocycles. The third kappa shape index (κ3) is 8.22. The molecule has 2 heterocycles. The molecule has 0 bridgehead atoms. The number of esters is 2. The van der Waals surface area contributed by atoms with Crippen LogP contribution in [0.4, 0.5) is 22.7 Å². The summed E-state index contributed by atoms with van der Waals surface area (Å²) >= 11 is 0. The van der Waals surface area contributed by atoms with Gasteiger partial charge in [-0.25, -0.2) is 9.59 Å². The van der Waals surface area contributed by atoms with E-state index in [9.17, 15) is 29.4 Å². The number of anilines is 3. The second kappa shape index (κ2) is 17.5. The summed E-state index contributed by atoms with van der Waals surface area (Å²) in [6.45, 7) is 8.98. The van der Waals surface area contributed by atoms with Gasteiger partial charge >= 0.3 is 23.9 Å². The van der Waals surface area contributed by atoms with Gasteiger partial charge in [-0.1, -0.05) is 62.4 Å². The first-order valence-electron chi connectivity index (χ1n) is 20.7. The lowest BCUT2D eigenvalue weighted by Crippen LogP contribution is -2.28. The van der Waals surface area contributed by atoms with Crippen LogP contribution in [-0.4, -0.2) is 71.7 Å². The third-order valence-electron chi connectivity index (χ3n) is 12.2. The fourth-order valence-electron chi connectivity index (χ4n) is 8.95. The van der Waals surface area contributed by atoms with Crippen LogP contribution in [0.1, 0.15) is 85.2 Å². The standard InChI is InChI=1S/C51H51N3O8/c1-50(2)39-31-35(48(57)58)19-23-41(39)52(29-27-45(55)61-5)43(50)25-21-33-17-18-34(47(33)54(37-13-9-7-10-14-37)38-15-11-8-12-16-38)22-26-44-51(3,4)40-32-36(49(59)60)20-24-42(40)53(44)30-28-46(56)62-6/h7-16,19-26,31-32H,17-18,27-30H2,1-6H3,(H-,57,58,59,60)/p+1. The Balaban J connectivity index is 1.41. The molecule has 0 radical (unpaired) electrons. The summed E-state index contributed by atoms with van der Waals surface area (Å²) < 4.78 is 12.1. The Kier molecular flexibility index (Phi) is 12.2. The first kappa shape index (κ1) is 43.1. The van der Waals surface area contributed by atoms with Crippen LogP contribution in [0, 0.1) is 0 Å². The number of carbonyl (C=O) groups is 4. The molecule has 0 saturated carbocycles. The van der Waals surface area contributed by atoms with Gasteiger partial charge in [0.15, 0.2) is 12.3 Å². The van der Waals surface area contributed by atoms with E-state index in [1.807, 2.05) is 48.5 Å². The van der Waals surface area contributed by atoms with E-state index in [0.29, 0.717) is 25.9 Å². The van der Waals surface area contributed by atoms with Gasteiger partial charge < -0.3 is 29.5 Å². The molecule has 3 aliphatic rings. The van der Waals surface area contributed by atoms with Gasteiger partial charge in [-0.2, -0.15) is 4.58 Å². The average molecular weight is 835 g/mol. The lowest BCUT2D eigenvalue weighted by Gasteiger charge is -2.29. The molecule has 0 amide bonds. The molecule has 2 N–H and O–H groups in total. The molecule has 11 heteroatoms. The van der Waals surface area contributed by atoms with Crippen molar-refractivity contribution >= 4 is 52.3 Å². The van der Waals surface area contributed by atoms with Crippen LogP contribution >= 0.6 is 0 Å². The normalized spacial score (nSPS) is 17.5. The van der Waals surface area contributed by atoms with Gasteiger partial charge in [-0.05, 0) is 104 Å². The van der Waals surface area contributed by atoms with Crippen molar-refractivity contribution in [1.82, 2.24) is 0 Å². The summed E-state index contributed by atoms with van der Waals surface area (Å²) in [4.78, 5) is 53.5. The molecule has 62 heavy (non-hydrogen) atoms. The number of carboxylic acid groups (broad SMARTS) is 2. The minimum absolute atomic E-state index is 0.143. The molecule has 0 saturated heterocycles. The predicted octanol–water partition coefficient (Wildman–Crippen LogP) is 9.64. The summed E-state index contributed by atoms with van der Waals surface area (Å²) in [6.07, 6.45) is 10.2. The number of hydrogen-bond acceptors (Lipinski definition) is 8. The van der Waals surface area contributed by atoms with Crippen molar-refractivity contribution in [3.63, 3.8) is 0 Å². The van der Waals surface area contributed by atoms with Crippen molar-refractivity contribution < 1.29 is 43.4 Å². The SMILES string of the molecule is COC(=O)CCN1/C(=C/C=C2\CCC(/C=C/C3=[N+](CCC(=O)OC)c4ccc(C(=O)O)cc4C3(C)C)=C2N(c2ccccc2)c2ccccc2)C(C)(C)c2cc(C(=O)O)ccc21. The Morgan fingerprint density at radius 1 is 0.710 bits per heavy atom. The van der Waals surface area contributed by atoms with Crippen LogP contribution in [0.5, 0.6) is 0 Å². The highest BCUT2D eigenvalue weighted by molar-refractivity contribution is 6.04. The van der Waals surface area contributed by atoms with Gasteiger partial charge in [0.2, 0.25) is 5.69 Å². The minimum Gasteiger partial charge on any atom is -0.478 e. The van der Waals surface area contributed by atoms with Crippen LogP contribution in [0.15, 0.2) is 144 Å². The van der Waals surface area contributed by atoms with Crippen molar-refractivity contribution in [2.75, 3.05) is 37.1 Å². The van der Waals surface area contributed by atoms with E-state index in [-0.39, 0.29) is 35.9 Å². The monoisotopic (exact) mass is 834 g/mol. The number of fused-ring (bicyclic) bond motifs is 2. The number of para-hydroxylation sites is 2. The molecule has 4 aromatic carbocycles. The highest BCUT2D eigenvalue weighted by atomic mass is 16.5. The topological polar surface area (TPSA) is 137 Å². The number of carbonyl (C=O) groups excluding carboxylic acids is 2. The zero-order valence-corrected chi connectivity index (χ0v) is 36.0. The maximum Gasteiger partial charge on any atom is 0.335 e. The molecule has 11 nitrogen and oxygen atoms in total. The summed E-state index contributed by atoms with van der Waals surface area (Å²) in [5.41, 5.74) is 9.51. The Morgan fingerprint density at radius 3 is 1.89 bits per heavy atom. The van der Waals surface area contributed by atoms with Crippen molar-refractivity contribution in [2.45, 2.75) is 64.2 Å². The smallest absolute Gasteiger partial charge is 0.335 e. The molecule has 2 aliphatic heterocycles. The lowest BCUT2D eigenvalue weighted by molar-refractivity contribution is -0.436. The zero-order chi connectivity index (χ0) is 44.3. The van der Waals surface area contributed by atoms with Crippen molar-refractivity contribution in [3.8, 4) is 0 Å². The molecule has 0 unspecified atom stereocenters. The van der Waals surface area contributed by atoms with E-state index < -0.39 is 22.8 Å². The average Bonchev–Trinajstić information content (AvgIpc) is 3.83. The van der Waals surface area contributed by atoms with Crippen molar-refractivity contribution in [2.24, 2.45) is 0 Å². The van der Waals surface area contributed by atoms with Crippen LogP contribution in [0.25, 0.3) is 0 Å². The van der Waals surface area contributed by atoms with Crippen LogP contribution in [0.3, 0.4) is 0 Å². The number of nitrogens with zero attached hydrogens (tertiary/aromatic N) is 3. The second-order valence-electron chi connectivity index (χ2n) is 16.6. The maximum absolute atomic E-state index is 12.5. The van der Waals surface area contributed by atoms with E-state index in [2.05, 4.69) is 90.6 Å². The fraction of sp³-hybridized carbons (Fsp3) is 0.275. The van der Waals surface area contributed by atoms with E-state index in [1.54, 1.807) is 24.3 Å². The van der Waals surface area contributed by atoms with Gasteiger partial charge in [0.05, 0.1) is 42.9 Å². The first-order chi connectivity index (χ1) is 29.7. The molecule has 0 aromatic heterocycles. The summed E-state index contributed by atoms with van der Waals surface area (Å²) in [7, 11) is 2.74. The highest BCUT2D eigenvalue weighted by Crippen LogP contribution is 2.49. The molecule has 4 aromatic rings. The number of hydrogen-bond donors (Lipinski definition) is 2. The van der Waals surface area contributed by atoms with Crippen LogP contribution in [0.2, 0.25) is 0 Å². The summed E-state index contributed by atoms with van der Waals surface area (Å²) in [5.74, 6) is -2.70. The van der Waals surface area contributed by atoms with Gasteiger partial charge in [0, 0.05) is 52.4 Å². The summed E-state index contributed by atoms with van der Waals surface area (Å²) in [5, 5.41) is 19.8. The molecule has 0 spiro atoms. The van der Waals surface area contributed by atoms with Crippen molar-refractivity contribution in [1.29, 1.82) is 0 Å². The molecular formula is C51H52N3O8+. The Labute approximate surface area is 362 Å². The number of benzene rings is 4. The largest absolute Gasteiger partial charge is 0.478 e. The summed E-state index contributed by atoms with van der Waals surface area (Å²) in [6, 6.07) is 30.7. The van der Waals surface area contributed by atoms with Crippen LogP contribution < -0.4 is 9.80 Å². The molecular weight excluding hydrogens is 783 g/mol. The number of ether oxygens (including phenoxy) is 2. The minimum atomic E-state index is -1.01.